The standard InChI is InChI=1S/C13H21NO.H4N2.H2O/c1-2-3-4-7-10-15-13-9-6-5-8-12(13)11-14;1-2;/h5-6,8-9H,2-4,7,10-11,14H2,1H3;1-2H2;1H2. The third-order valence-corrected chi connectivity index (χ3v) is 2.45. The van der Waals surface area contributed by atoms with Crippen molar-refractivity contribution in [2.24, 2.45) is 17.4 Å². The summed E-state index contributed by atoms with van der Waals surface area (Å²) in [6, 6.07) is 7.98. The highest BCUT2D eigenvalue weighted by Crippen LogP contribution is 2.17. The molecule has 0 unspecified atom stereocenters. The van der Waals surface area contributed by atoms with Crippen LogP contribution in [0.3, 0.4) is 0 Å². The molecule has 0 heterocycles. The van der Waals surface area contributed by atoms with Gasteiger partial charge in [0.1, 0.15) is 5.75 Å². The van der Waals surface area contributed by atoms with Gasteiger partial charge >= 0.3 is 0 Å². The molecule has 0 radical (unpaired) electrons. The third kappa shape index (κ3) is 8.03. The molecule has 0 amide bonds. The summed E-state index contributed by atoms with van der Waals surface area (Å²) in [6.45, 7) is 3.56. The maximum Gasteiger partial charge on any atom is 0.123 e. The van der Waals surface area contributed by atoms with Crippen LogP contribution in [0.1, 0.15) is 38.2 Å². The zero-order valence-corrected chi connectivity index (χ0v) is 11.2. The van der Waals surface area contributed by atoms with Gasteiger partial charge in [-0.2, -0.15) is 0 Å². The van der Waals surface area contributed by atoms with Crippen LogP contribution in [0.2, 0.25) is 0 Å². The van der Waals surface area contributed by atoms with Crippen LogP contribution in [0.15, 0.2) is 24.3 Å². The van der Waals surface area contributed by atoms with Crippen molar-refractivity contribution in [1.29, 1.82) is 0 Å². The van der Waals surface area contributed by atoms with E-state index < -0.39 is 0 Å². The van der Waals surface area contributed by atoms with E-state index in [0.717, 1.165) is 24.3 Å². The van der Waals surface area contributed by atoms with Gasteiger partial charge in [-0.3, -0.25) is 11.7 Å². The molecule has 1 rings (SSSR count). The number of hydrazine groups is 1. The Kier molecular flexibility index (Phi) is 14.9. The van der Waals surface area contributed by atoms with Gasteiger partial charge in [0.15, 0.2) is 0 Å². The summed E-state index contributed by atoms with van der Waals surface area (Å²) in [5, 5.41) is 0. The zero-order valence-electron chi connectivity index (χ0n) is 11.2. The fourth-order valence-corrected chi connectivity index (χ4v) is 1.52. The molecule has 0 aliphatic heterocycles. The van der Waals surface area contributed by atoms with Crippen molar-refractivity contribution in [3.05, 3.63) is 29.8 Å². The van der Waals surface area contributed by atoms with E-state index in [9.17, 15) is 0 Å². The highest BCUT2D eigenvalue weighted by molar-refractivity contribution is 5.32. The number of benzene rings is 1. The van der Waals surface area contributed by atoms with E-state index in [4.69, 9.17) is 10.5 Å². The molecule has 0 atom stereocenters. The first-order valence-corrected chi connectivity index (χ1v) is 6.12. The van der Waals surface area contributed by atoms with Gasteiger partial charge in [-0.05, 0) is 12.5 Å². The first-order chi connectivity index (χ1) is 8.38. The summed E-state index contributed by atoms with van der Waals surface area (Å²) >= 11 is 0. The van der Waals surface area contributed by atoms with Gasteiger partial charge in [-0.25, -0.2) is 0 Å². The summed E-state index contributed by atoms with van der Waals surface area (Å²) in [4.78, 5) is 0. The molecule has 1 aromatic rings. The normalized spacial score (nSPS) is 8.89. The highest BCUT2D eigenvalue weighted by atomic mass is 16.5. The Hall–Kier alpha value is -1.14. The van der Waals surface area contributed by atoms with Crippen LogP contribution < -0.4 is 22.2 Å². The van der Waals surface area contributed by atoms with Crippen LogP contribution in [0.4, 0.5) is 0 Å². The molecule has 0 bridgehead atoms. The minimum absolute atomic E-state index is 0. The van der Waals surface area contributed by atoms with Gasteiger partial charge in [-0.15, -0.1) is 0 Å². The summed E-state index contributed by atoms with van der Waals surface area (Å²) < 4.78 is 5.69. The quantitative estimate of drug-likeness (QED) is 0.385. The lowest BCUT2D eigenvalue weighted by atomic mass is 10.2. The maximum absolute atomic E-state index is 5.69. The Morgan fingerprint density at radius 2 is 1.72 bits per heavy atom. The van der Waals surface area contributed by atoms with Crippen molar-refractivity contribution in [3.63, 3.8) is 0 Å². The molecule has 0 aromatic heterocycles. The van der Waals surface area contributed by atoms with Gasteiger partial charge in [0, 0.05) is 12.1 Å². The van der Waals surface area contributed by atoms with E-state index in [-0.39, 0.29) is 5.48 Å². The average molecular weight is 257 g/mol. The smallest absolute Gasteiger partial charge is 0.123 e. The second-order valence-electron chi connectivity index (χ2n) is 3.72. The average Bonchev–Trinajstić information content (AvgIpc) is 2.41. The third-order valence-electron chi connectivity index (χ3n) is 2.45. The summed E-state index contributed by atoms with van der Waals surface area (Å²) in [7, 11) is 0. The molecule has 1 aromatic carbocycles. The first kappa shape index (κ1) is 19.2. The van der Waals surface area contributed by atoms with Crippen LogP contribution in [0, 0.1) is 0 Å². The minimum Gasteiger partial charge on any atom is -0.493 e. The molecule has 0 fully saturated rings. The molecule has 0 aliphatic carbocycles. The highest BCUT2D eigenvalue weighted by Gasteiger charge is 1.99. The number of ether oxygens (including phenoxy) is 1. The number of hydrogen-bond acceptors (Lipinski definition) is 4. The van der Waals surface area contributed by atoms with E-state index in [0.29, 0.717) is 6.54 Å². The fourth-order valence-electron chi connectivity index (χ4n) is 1.52. The second kappa shape index (κ2) is 13.9. The summed E-state index contributed by atoms with van der Waals surface area (Å²) in [6.07, 6.45) is 4.94. The lowest BCUT2D eigenvalue weighted by Gasteiger charge is -2.09. The van der Waals surface area contributed by atoms with Crippen molar-refractivity contribution >= 4 is 0 Å². The van der Waals surface area contributed by atoms with E-state index in [1.165, 1.54) is 19.3 Å². The van der Waals surface area contributed by atoms with Crippen LogP contribution in [-0.2, 0) is 6.54 Å². The van der Waals surface area contributed by atoms with Crippen molar-refractivity contribution in [2.45, 2.75) is 39.2 Å². The van der Waals surface area contributed by atoms with Crippen LogP contribution in [-0.4, -0.2) is 12.1 Å². The predicted octanol–water partition coefficient (Wildman–Crippen LogP) is 1.10. The molecular weight excluding hydrogens is 230 g/mol. The second-order valence-corrected chi connectivity index (χ2v) is 3.72. The van der Waals surface area contributed by atoms with Crippen molar-refractivity contribution < 1.29 is 10.2 Å². The Bertz CT molecular complexity index is 283. The number of para-hydroxylation sites is 1. The molecule has 0 saturated heterocycles. The van der Waals surface area contributed by atoms with Crippen LogP contribution in [0.25, 0.3) is 0 Å². The molecule has 0 spiro atoms. The molecule has 8 N–H and O–H groups in total. The largest absolute Gasteiger partial charge is 0.493 e. The van der Waals surface area contributed by atoms with Crippen molar-refractivity contribution in [1.82, 2.24) is 0 Å². The Balaban J connectivity index is 0. The molecule has 5 heteroatoms. The van der Waals surface area contributed by atoms with Crippen molar-refractivity contribution in [2.75, 3.05) is 6.61 Å². The molecule has 0 saturated carbocycles. The zero-order chi connectivity index (χ0) is 12.9. The minimum atomic E-state index is 0. The molecule has 106 valence electrons. The Morgan fingerprint density at radius 3 is 2.33 bits per heavy atom. The van der Waals surface area contributed by atoms with Crippen LogP contribution in [0.5, 0.6) is 5.75 Å². The lowest BCUT2D eigenvalue weighted by Crippen LogP contribution is -2.03. The number of nitrogens with two attached hydrogens (primary N) is 3. The molecule has 0 aliphatic rings. The first-order valence-electron chi connectivity index (χ1n) is 6.12. The summed E-state index contributed by atoms with van der Waals surface area (Å²) in [5.74, 6) is 8.94. The SMILES string of the molecule is CCCCCCOc1ccccc1CN.NN.O. The maximum atomic E-state index is 5.69. The number of rotatable bonds is 7. The Labute approximate surface area is 110 Å². The van der Waals surface area contributed by atoms with E-state index >= 15 is 0 Å². The Morgan fingerprint density at radius 1 is 1.06 bits per heavy atom. The number of hydrogen-bond donors (Lipinski definition) is 3. The van der Waals surface area contributed by atoms with Gasteiger partial charge in [0.05, 0.1) is 6.61 Å². The van der Waals surface area contributed by atoms with Crippen LogP contribution >= 0.6 is 0 Å². The summed E-state index contributed by atoms with van der Waals surface area (Å²) in [5.41, 5.74) is 6.71. The van der Waals surface area contributed by atoms with Gasteiger partial charge in [0.2, 0.25) is 0 Å². The molecule has 5 nitrogen and oxygen atoms in total. The van der Waals surface area contributed by atoms with E-state index in [2.05, 4.69) is 18.6 Å². The fraction of sp³-hybridized carbons (Fsp3) is 0.538. The van der Waals surface area contributed by atoms with Gasteiger partial charge < -0.3 is 15.9 Å². The van der Waals surface area contributed by atoms with E-state index in [1.807, 2.05) is 24.3 Å². The van der Waals surface area contributed by atoms with Gasteiger partial charge in [0.25, 0.3) is 0 Å². The van der Waals surface area contributed by atoms with Gasteiger partial charge in [-0.1, -0.05) is 44.4 Å². The molecule has 18 heavy (non-hydrogen) atoms. The number of unbranched alkanes of at least 4 members (excludes halogenated alkanes) is 3. The van der Waals surface area contributed by atoms with Crippen molar-refractivity contribution in [3.8, 4) is 5.75 Å². The molecular formula is C13H27N3O2. The van der Waals surface area contributed by atoms with E-state index in [1.54, 1.807) is 0 Å². The monoisotopic (exact) mass is 257 g/mol. The lowest BCUT2D eigenvalue weighted by molar-refractivity contribution is 0.302. The predicted molar refractivity (Wildman–Crippen MR) is 76.0 cm³/mol. The topological polar surface area (TPSA) is 119 Å².